The Balaban J connectivity index is 1.64. The van der Waals surface area contributed by atoms with Gasteiger partial charge in [-0.1, -0.05) is 35.9 Å². The molecule has 33 heavy (non-hydrogen) atoms. The topological polar surface area (TPSA) is 59.8 Å². The van der Waals surface area contributed by atoms with E-state index in [1.54, 1.807) is 0 Å². The molecule has 0 radical (unpaired) electrons. The van der Waals surface area contributed by atoms with Crippen molar-refractivity contribution >= 4 is 0 Å². The summed E-state index contributed by atoms with van der Waals surface area (Å²) in [5.41, 5.74) is 4.12. The second-order valence-corrected chi connectivity index (χ2v) is 8.98. The highest BCUT2D eigenvalue weighted by molar-refractivity contribution is 5.43. The molecule has 1 fully saturated rings. The van der Waals surface area contributed by atoms with Crippen LogP contribution in [0.15, 0.2) is 54.6 Å². The van der Waals surface area contributed by atoms with Gasteiger partial charge in [-0.2, -0.15) is 5.10 Å². The molecule has 1 N–H and O–H groups in total. The van der Waals surface area contributed by atoms with E-state index in [0.717, 1.165) is 35.1 Å². The minimum Gasteiger partial charge on any atom is -0.439 e. The molecule has 0 saturated heterocycles. The number of rotatable bonds is 12. The highest BCUT2D eigenvalue weighted by Crippen LogP contribution is 2.34. The van der Waals surface area contributed by atoms with Crippen LogP contribution in [0.25, 0.3) is 5.69 Å². The molecule has 1 heterocycles. The molecule has 176 valence electrons. The van der Waals surface area contributed by atoms with Crippen molar-refractivity contribution in [3.8, 4) is 17.3 Å². The zero-order valence-corrected chi connectivity index (χ0v) is 19.9. The van der Waals surface area contributed by atoms with E-state index in [1.807, 2.05) is 61.0 Å². The van der Waals surface area contributed by atoms with Crippen molar-refractivity contribution in [1.29, 1.82) is 0 Å². The monoisotopic (exact) mass is 449 g/mol. The summed E-state index contributed by atoms with van der Waals surface area (Å²) < 4.78 is 13.8. The van der Waals surface area contributed by atoms with Gasteiger partial charge >= 0.3 is 0 Å². The number of benzene rings is 2. The van der Waals surface area contributed by atoms with Crippen LogP contribution in [0.3, 0.4) is 0 Å². The normalized spacial score (nSPS) is 14.6. The van der Waals surface area contributed by atoms with Crippen LogP contribution >= 0.6 is 0 Å². The molecule has 1 atom stereocenters. The fourth-order valence-corrected chi connectivity index (χ4v) is 3.98. The lowest BCUT2D eigenvalue weighted by Gasteiger charge is -2.25. The SMILES string of the molecule is CCOC[C@H](O)CN(Cc1c(C)nn(-c2ccccc2)c1Oc1ccc(C)cc1)CC1CC1. The maximum atomic E-state index is 10.5. The van der Waals surface area contributed by atoms with Crippen molar-refractivity contribution in [1.82, 2.24) is 14.7 Å². The van der Waals surface area contributed by atoms with Gasteiger partial charge in [0.25, 0.3) is 0 Å². The summed E-state index contributed by atoms with van der Waals surface area (Å²) in [5, 5.41) is 15.4. The van der Waals surface area contributed by atoms with E-state index in [0.29, 0.717) is 32.2 Å². The van der Waals surface area contributed by atoms with Gasteiger partial charge in [0.15, 0.2) is 0 Å². The Hall–Kier alpha value is -2.67. The van der Waals surface area contributed by atoms with E-state index in [-0.39, 0.29) is 0 Å². The molecule has 1 aromatic heterocycles. The smallest absolute Gasteiger partial charge is 0.227 e. The summed E-state index contributed by atoms with van der Waals surface area (Å²) in [6.07, 6.45) is 2.00. The number of ether oxygens (including phenoxy) is 2. The lowest BCUT2D eigenvalue weighted by atomic mass is 10.2. The van der Waals surface area contributed by atoms with Gasteiger partial charge in [0, 0.05) is 26.2 Å². The van der Waals surface area contributed by atoms with E-state index in [4.69, 9.17) is 14.6 Å². The van der Waals surface area contributed by atoms with Crippen molar-refractivity contribution < 1.29 is 14.6 Å². The largest absolute Gasteiger partial charge is 0.439 e. The molecule has 1 aliphatic carbocycles. The van der Waals surface area contributed by atoms with Gasteiger partial charge in [0.05, 0.1) is 29.7 Å². The predicted octanol–water partition coefficient (Wildman–Crippen LogP) is 4.89. The number of para-hydroxylation sites is 1. The Morgan fingerprint density at radius 3 is 2.48 bits per heavy atom. The van der Waals surface area contributed by atoms with Gasteiger partial charge in [0.2, 0.25) is 5.88 Å². The molecular weight excluding hydrogens is 414 g/mol. The first-order valence-corrected chi connectivity index (χ1v) is 11.9. The fourth-order valence-electron chi connectivity index (χ4n) is 3.98. The molecule has 0 unspecified atom stereocenters. The maximum Gasteiger partial charge on any atom is 0.227 e. The zero-order chi connectivity index (χ0) is 23.2. The van der Waals surface area contributed by atoms with E-state index >= 15 is 0 Å². The lowest BCUT2D eigenvalue weighted by Crippen LogP contribution is -2.36. The zero-order valence-electron chi connectivity index (χ0n) is 19.9. The van der Waals surface area contributed by atoms with Crippen LogP contribution in [0.4, 0.5) is 0 Å². The van der Waals surface area contributed by atoms with Crippen LogP contribution in [-0.2, 0) is 11.3 Å². The third-order valence-electron chi connectivity index (χ3n) is 5.95. The van der Waals surface area contributed by atoms with Crippen molar-refractivity contribution in [2.24, 2.45) is 5.92 Å². The van der Waals surface area contributed by atoms with E-state index < -0.39 is 6.10 Å². The Bertz CT molecular complexity index is 1010. The Labute approximate surface area is 196 Å². The summed E-state index contributed by atoms with van der Waals surface area (Å²) >= 11 is 0. The number of hydrogen-bond donors (Lipinski definition) is 1. The standard InChI is InChI=1S/C27H35N3O3/c1-4-32-19-24(31)17-29(16-22-12-13-22)18-26-21(3)28-30(23-8-6-5-7-9-23)27(26)33-25-14-10-20(2)11-15-25/h5-11,14-15,22,24,31H,4,12-13,16-19H2,1-3H3/t24-/m1/s1. The molecule has 0 bridgehead atoms. The third-order valence-corrected chi connectivity index (χ3v) is 5.95. The molecule has 3 aromatic rings. The average Bonchev–Trinajstić information content (AvgIpc) is 3.58. The Morgan fingerprint density at radius 2 is 1.82 bits per heavy atom. The molecular formula is C27H35N3O3. The molecule has 0 aliphatic heterocycles. The number of aryl methyl sites for hydroxylation is 2. The Morgan fingerprint density at radius 1 is 1.09 bits per heavy atom. The van der Waals surface area contributed by atoms with Crippen LogP contribution in [-0.4, -0.2) is 52.2 Å². The van der Waals surface area contributed by atoms with Gasteiger partial charge in [0.1, 0.15) is 5.75 Å². The average molecular weight is 450 g/mol. The molecule has 0 spiro atoms. The van der Waals surface area contributed by atoms with Crippen LogP contribution in [0.5, 0.6) is 11.6 Å². The molecule has 0 amide bonds. The molecule has 2 aromatic carbocycles. The van der Waals surface area contributed by atoms with Gasteiger partial charge in [-0.25, -0.2) is 4.68 Å². The summed E-state index contributed by atoms with van der Waals surface area (Å²) in [6, 6.07) is 18.2. The highest BCUT2D eigenvalue weighted by Gasteiger charge is 2.28. The lowest BCUT2D eigenvalue weighted by molar-refractivity contribution is 0.0186. The maximum absolute atomic E-state index is 10.5. The second-order valence-electron chi connectivity index (χ2n) is 8.98. The first-order valence-electron chi connectivity index (χ1n) is 11.9. The summed E-state index contributed by atoms with van der Waals surface area (Å²) in [6.45, 7) is 9.20. The summed E-state index contributed by atoms with van der Waals surface area (Å²) in [5.74, 6) is 2.21. The third kappa shape index (κ3) is 6.44. The van der Waals surface area contributed by atoms with Crippen molar-refractivity contribution in [3.05, 3.63) is 71.4 Å². The summed E-state index contributed by atoms with van der Waals surface area (Å²) in [4.78, 5) is 2.32. The molecule has 6 nitrogen and oxygen atoms in total. The molecule has 1 aliphatic rings. The van der Waals surface area contributed by atoms with Crippen molar-refractivity contribution in [3.63, 3.8) is 0 Å². The second kappa shape index (κ2) is 11.0. The van der Waals surface area contributed by atoms with E-state index in [9.17, 15) is 5.11 Å². The quantitative estimate of drug-likeness (QED) is 0.427. The molecule has 4 rings (SSSR count). The first kappa shape index (κ1) is 23.5. The van der Waals surface area contributed by atoms with Gasteiger partial charge in [-0.15, -0.1) is 0 Å². The van der Waals surface area contributed by atoms with Crippen LogP contribution in [0, 0.1) is 19.8 Å². The number of aromatic nitrogens is 2. The van der Waals surface area contributed by atoms with Crippen LogP contribution in [0.2, 0.25) is 0 Å². The molecule has 1 saturated carbocycles. The first-order chi connectivity index (χ1) is 16.0. The number of nitrogens with zero attached hydrogens (tertiary/aromatic N) is 3. The van der Waals surface area contributed by atoms with Gasteiger partial charge in [-0.05, 0) is 63.8 Å². The van der Waals surface area contributed by atoms with Gasteiger partial charge < -0.3 is 14.6 Å². The number of aliphatic hydroxyl groups excluding tert-OH is 1. The fraction of sp³-hybridized carbons (Fsp3) is 0.444. The van der Waals surface area contributed by atoms with Crippen LogP contribution in [0.1, 0.15) is 36.6 Å². The van der Waals surface area contributed by atoms with Crippen molar-refractivity contribution in [2.75, 3.05) is 26.3 Å². The number of aliphatic hydroxyl groups is 1. The van der Waals surface area contributed by atoms with Gasteiger partial charge in [-0.3, -0.25) is 4.90 Å². The minimum absolute atomic E-state index is 0.354. The van der Waals surface area contributed by atoms with Crippen LogP contribution < -0.4 is 4.74 Å². The summed E-state index contributed by atoms with van der Waals surface area (Å²) in [7, 11) is 0. The number of hydrogen-bond acceptors (Lipinski definition) is 5. The minimum atomic E-state index is -0.519. The highest BCUT2D eigenvalue weighted by atomic mass is 16.5. The molecule has 6 heteroatoms. The predicted molar refractivity (Wildman–Crippen MR) is 130 cm³/mol. The van der Waals surface area contributed by atoms with Crippen molar-refractivity contribution in [2.45, 2.75) is 46.3 Å². The Kier molecular flexibility index (Phi) is 7.81. The van der Waals surface area contributed by atoms with E-state index in [2.05, 4.69) is 24.0 Å². The van der Waals surface area contributed by atoms with E-state index in [1.165, 1.54) is 18.4 Å².